The Balaban J connectivity index is 0.00000392. The predicted octanol–water partition coefficient (Wildman–Crippen LogP) is 0.675. The SMILES string of the molecule is CCC(C)NC(=NCC(=O)N(C)C)N1CCN(C(=O)C2CCCN2C)CC1.I. The van der Waals surface area contributed by atoms with Crippen molar-refractivity contribution in [2.45, 2.75) is 45.2 Å². The highest BCUT2D eigenvalue weighted by Gasteiger charge is 2.33. The van der Waals surface area contributed by atoms with Crippen LogP contribution >= 0.6 is 24.0 Å². The van der Waals surface area contributed by atoms with E-state index in [9.17, 15) is 9.59 Å². The zero-order chi connectivity index (χ0) is 20.0. The minimum Gasteiger partial charge on any atom is -0.354 e. The van der Waals surface area contributed by atoms with Crippen LogP contribution in [-0.4, -0.2) is 110 Å². The van der Waals surface area contributed by atoms with Crippen molar-refractivity contribution in [2.75, 3.05) is 60.4 Å². The number of likely N-dealkylation sites (tertiary alicyclic amines) is 1. The molecule has 0 radical (unpaired) electrons. The summed E-state index contributed by atoms with van der Waals surface area (Å²) in [5.74, 6) is 1.01. The molecule has 2 amide bonds. The number of rotatable bonds is 5. The number of likely N-dealkylation sites (N-methyl/N-ethyl adjacent to an activating group) is 2. The first-order valence-corrected chi connectivity index (χ1v) is 10.1. The van der Waals surface area contributed by atoms with Crippen LogP contribution in [0, 0.1) is 0 Å². The van der Waals surface area contributed by atoms with Gasteiger partial charge < -0.3 is 20.0 Å². The van der Waals surface area contributed by atoms with Crippen LogP contribution in [-0.2, 0) is 9.59 Å². The molecule has 0 aromatic rings. The fourth-order valence-electron chi connectivity index (χ4n) is 3.41. The number of hydrogen-bond donors (Lipinski definition) is 1. The molecule has 0 aromatic heterocycles. The van der Waals surface area contributed by atoms with Crippen molar-refractivity contribution >= 4 is 41.8 Å². The topological polar surface area (TPSA) is 71.5 Å². The molecule has 8 nitrogen and oxygen atoms in total. The number of piperazine rings is 1. The molecular weight excluding hydrogens is 471 g/mol. The van der Waals surface area contributed by atoms with Gasteiger partial charge in [-0.1, -0.05) is 6.92 Å². The van der Waals surface area contributed by atoms with Gasteiger partial charge in [-0.15, -0.1) is 24.0 Å². The second kappa shape index (κ2) is 11.8. The van der Waals surface area contributed by atoms with Gasteiger partial charge in [0.25, 0.3) is 0 Å². The minimum atomic E-state index is -0.0171. The van der Waals surface area contributed by atoms with Gasteiger partial charge in [-0.2, -0.15) is 0 Å². The predicted molar refractivity (Wildman–Crippen MR) is 123 cm³/mol. The van der Waals surface area contributed by atoms with E-state index >= 15 is 0 Å². The number of hydrogen-bond acceptors (Lipinski definition) is 4. The molecule has 28 heavy (non-hydrogen) atoms. The zero-order valence-electron chi connectivity index (χ0n) is 18.0. The smallest absolute Gasteiger partial charge is 0.243 e. The van der Waals surface area contributed by atoms with Crippen LogP contribution in [0.4, 0.5) is 0 Å². The molecule has 2 atom stereocenters. The molecule has 2 fully saturated rings. The molecule has 0 bridgehead atoms. The number of guanidine groups is 1. The molecule has 0 spiro atoms. The summed E-state index contributed by atoms with van der Waals surface area (Å²) >= 11 is 0. The van der Waals surface area contributed by atoms with Gasteiger partial charge in [-0.25, -0.2) is 4.99 Å². The maximum atomic E-state index is 12.8. The summed E-state index contributed by atoms with van der Waals surface area (Å²) in [6.45, 7) is 8.25. The first-order chi connectivity index (χ1) is 12.8. The third-order valence-electron chi connectivity index (χ3n) is 5.55. The summed E-state index contributed by atoms with van der Waals surface area (Å²) in [7, 11) is 5.52. The van der Waals surface area contributed by atoms with Crippen molar-refractivity contribution in [3.63, 3.8) is 0 Å². The highest BCUT2D eigenvalue weighted by Crippen LogP contribution is 2.18. The number of carbonyl (C=O) groups is 2. The van der Waals surface area contributed by atoms with E-state index < -0.39 is 0 Å². The largest absolute Gasteiger partial charge is 0.354 e. The minimum absolute atomic E-state index is 0. The first-order valence-electron chi connectivity index (χ1n) is 10.1. The highest BCUT2D eigenvalue weighted by molar-refractivity contribution is 14.0. The molecule has 2 unspecified atom stereocenters. The van der Waals surface area contributed by atoms with Crippen LogP contribution < -0.4 is 5.32 Å². The van der Waals surface area contributed by atoms with E-state index in [0.29, 0.717) is 13.1 Å². The molecule has 2 saturated heterocycles. The van der Waals surface area contributed by atoms with Crippen molar-refractivity contribution in [2.24, 2.45) is 4.99 Å². The molecule has 162 valence electrons. The van der Waals surface area contributed by atoms with E-state index in [4.69, 9.17) is 0 Å². The average molecular weight is 508 g/mol. The molecule has 0 aromatic carbocycles. The Bertz CT molecular complexity index is 549. The van der Waals surface area contributed by atoms with Crippen molar-refractivity contribution < 1.29 is 9.59 Å². The van der Waals surface area contributed by atoms with E-state index in [1.165, 1.54) is 0 Å². The summed E-state index contributed by atoms with van der Waals surface area (Å²) < 4.78 is 0. The monoisotopic (exact) mass is 508 g/mol. The lowest BCUT2D eigenvalue weighted by molar-refractivity contribution is -0.136. The molecule has 9 heteroatoms. The van der Waals surface area contributed by atoms with Gasteiger partial charge in [-0.05, 0) is 39.8 Å². The first kappa shape index (κ1) is 24.9. The van der Waals surface area contributed by atoms with Gasteiger partial charge in [0, 0.05) is 46.3 Å². The Morgan fingerprint density at radius 1 is 1.14 bits per heavy atom. The summed E-state index contributed by atoms with van der Waals surface area (Å²) in [4.78, 5) is 37.1. The second-order valence-corrected chi connectivity index (χ2v) is 7.83. The third-order valence-corrected chi connectivity index (χ3v) is 5.55. The Hall–Kier alpha value is -1.10. The Kier molecular flexibility index (Phi) is 10.5. The van der Waals surface area contributed by atoms with Crippen LogP contribution in [0.15, 0.2) is 4.99 Å². The van der Waals surface area contributed by atoms with Gasteiger partial charge in [0.1, 0.15) is 6.54 Å². The van der Waals surface area contributed by atoms with Crippen LogP contribution in [0.3, 0.4) is 0 Å². The molecule has 1 N–H and O–H groups in total. The maximum Gasteiger partial charge on any atom is 0.243 e. The zero-order valence-corrected chi connectivity index (χ0v) is 20.3. The van der Waals surface area contributed by atoms with E-state index in [1.807, 2.05) is 11.9 Å². The fourth-order valence-corrected chi connectivity index (χ4v) is 3.41. The van der Waals surface area contributed by atoms with E-state index in [2.05, 4.69) is 34.0 Å². The van der Waals surface area contributed by atoms with E-state index in [1.54, 1.807) is 19.0 Å². The quantitative estimate of drug-likeness (QED) is 0.336. The van der Waals surface area contributed by atoms with Gasteiger partial charge in [0.05, 0.1) is 6.04 Å². The maximum absolute atomic E-state index is 12.8. The Morgan fingerprint density at radius 3 is 2.25 bits per heavy atom. The number of amides is 2. The highest BCUT2D eigenvalue weighted by atomic mass is 127. The summed E-state index contributed by atoms with van der Waals surface area (Å²) in [6.07, 6.45) is 3.04. The summed E-state index contributed by atoms with van der Waals surface area (Å²) in [5, 5.41) is 3.43. The van der Waals surface area contributed by atoms with Crippen LogP contribution in [0.25, 0.3) is 0 Å². The van der Waals surface area contributed by atoms with Crippen molar-refractivity contribution in [1.82, 2.24) is 24.9 Å². The second-order valence-electron chi connectivity index (χ2n) is 7.83. The molecule has 0 saturated carbocycles. The van der Waals surface area contributed by atoms with Crippen LogP contribution in [0.1, 0.15) is 33.1 Å². The third kappa shape index (κ3) is 6.75. The van der Waals surface area contributed by atoms with Gasteiger partial charge in [0.2, 0.25) is 11.8 Å². The summed E-state index contributed by atoms with van der Waals surface area (Å²) in [6, 6.07) is 0.325. The number of halogens is 1. The standard InChI is InChI=1S/C19H36N6O2.HI/c1-6-15(2)21-19(20-14-17(26)22(3)4)25-12-10-24(11-13-25)18(27)16-8-7-9-23(16)5;/h15-16H,6-14H2,1-5H3,(H,20,21);1H. The molecular formula is C19H37IN6O2. The molecule has 2 rings (SSSR count). The molecule has 2 aliphatic heterocycles. The van der Waals surface area contributed by atoms with Crippen molar-refractivity contribution in [1.29, 1.82) is 0 Å². The fraction of sp³-hybridized carbons (Fsp3) is 0.842. The van der Waals surface area contributed by atoms with Crippen LogP contribution in [0.2, 0.25) is 0 Å². The number of carbonyl (C=O) groups excluding carboxylic acids is 2. The van der Waals surface area contributed by atoms with Crippen molar-refractivity contribution in [3.05, 3.63) is 0 Å². The molecule has 2 aliphatic rings. The van der Waals surface area contributed by atoms with E-state index in [0.717, 1.165) is 44.9 Å². The molecule has 2 heterocycles. The Labute approximate surface area is 186 Å². The number of nitrogens with one attached hydrogen (secondary N) is 1. The average Bonchev–Trinajstić information content (AvgIpc) is 3.09. The van der Waals surface area contributed by atoms with E-state index in [-0.39, 0.29) is 54.4 Å². The lowest BCUT2D eigenvalue weighted by Crippen LogP contribution is -2.57. The normalized spacial score (nSPS) is 21.9. The summed E-state index contributed by atoms with van der Waals surface area (Å²) in [5.41, 5.74) is 0. The van der Waals surface area contributed by atoms with Crippen LogP contribution in [0.5, 0.6) is 0 Å². The Morgan fingerprint density at radius 2 is 1.75 bits per heavy atom. The van der Waals surface area contributed by atoms with Gasteiger partial charge in [-0.3, -0.25) is 14.5 Å². The lowest BCUT2D eigenvalue weighted by atomic mass is 10.1. The van der Waals surface area contributed by atoms with Crippen molar-refractivity contribution in [3.8, 4) is 0 Å². The van der Waals surface area contributed by atoms with Gasteiger partial charge >= 0.3 is 0 Å². The van der Waals surface area contributed by atoms with Gasteiger partial charge in [0.15, 0.2) is 5.96 Å². The number of nitrogens with zero attached hydrogens (tertiary/aromatic N) is 5. The number of aliphatic imine (C=N–C) groups is 1. The lowest BCUT2D eigenvalue weighted by Gasteiger charge is -2.38. The molecule has 0 aliphatic carbocycles.